The average molecular weight is 321 g/mol. The number of aromatic amines is 1. The Balaban J connectivity index is 0.000000126. The zero-order valence-electron chi connectivity index (χ0n) is 13.9. The molecule has 5 aromatic rings. The van der Waals surface area contributed by atoms with Gasteiger partial charge in [-0.15, -0.1) is 0 Å². The molecule has 1 N–H and O–H groups in total. The van der Waals surface area contributed by atoms with Crippen LogP contribution in [0, 0.1) is 0 Å². The number of hydrogen-bond acceptors (Lipinski definition) is 0. The van der Waals surface area contributed by atoms with Crippen LogP contribution in [0.5, 0.6) is 0 Å². The molecule has 4 aromatic carbocycles. The molecule has 5 rings (SSSR count). The Kier molecular flexibility index (Phi) is 4.30. The standard InChI is InChI=1S/C12H9N.C12H10/c1-3-7-11-9(5-1)10-6-2-4-8-12(10)13-11;1-3-7-11(8-4-1)12-9-5-2-6-10-12/h1-8,13H;1-10H. The number of fused-ring (bicyclic) bond motifs is 3. The van der Waals surface area contributed by atoms with Gasteiger partial charge in [0.2, 0.25) is 0 Å². The lowest BCUT2D eigenvalue weighted by molar-refractivity contribution is 1.55. The Labute approximate surface area is 147 Å². The summed E-state index contributed by atoms with van der Waals surface area (Å²) in [6.45, 7) is 0. The Morgan fingerprint density at radius 1 is 0.360 bits per heavy atom. The molecule has 0 aliphatic carbocycles. The van der Waals surface area contributed by atoms with Crippen LogP contribution < -0.4 is 0 Å². The molecule has 0 aliphatic heterocycles. The molecule has 1 aromatic heterocycles. The normalized spacial score (nSPS) is 10.4. The third kappa shape index (κ3) is 3.31. The van der Waals surface area contributed by atoms with Gasteiger partial charge in [-0.1, -0.05) is 97.1 Å². The van der Waals surface area contributed by atoms with Gasteiger partial charge in [0.15, 0.2) is 0 Å². The summed E-state index contributed by atoms with van der Waals surface area (Å²) in [4.78, 5) is 3.38. The zero-order valence-corrected chi connectivity index (χ0v) is 13.9. The molecule has 1 nitrogen and oxygen atoms in total. The van der Waals surface area contributed by atoms with Crippen LogP contribution in [-0.2, 0) is 0 Å². The fourth-order valence-corrected chi connectivity index (χ4v) is 3.06. The molecule has 0 atom stereocenters. The second kappa shape index (κ2) is 7.06. The molecule has 1 heteroatoms. The quantitative estimate of drug-likeness (QED) is 0.354. The van der Waals surface area contributed by atoms with Crippen molar-refractivity contribution in [2.24, 2.45) is 0 Å². The van der Waals surface area contributed by atoms with Gasteiger partial charge in [-0.2, -0.15) is 0 Å². The predicted molar refractivity (Wildman–Crippen MR) is 108 cm³/mol. The first kappa shape index (κ1) is 15.2. The molecule has 25 heavy (non-hydrogen) atoms. The van der Waals surface area contributed by atoms with Gasteiger partial charge in [-0.25, -0.2) is 0 Å². The molecular weight excluding hydrogens is 302 g/mol. The fourth-order valence-electron chi connectivity index (χ4n) is 3.06. The van der Waals surface area contributed by atoms with Crippen molar-refractivity contribution in [1.29, 1.82) is 0 Å². The Bertz CT molecular complexity index is 988. The van der Waals surface area contributed by atoms with Gasteiger partial charge in [0.05, 0.1) is 0 Å². The smallest absolute Gasteiger partial charge is 0.0464 e. The second-order valence-electron chi connectivity index (χ2n) is 5.95. The van der Waals surface area contributed by atoms with Crippen molar-refractivity contribution in [2.45, 2.75) is 0 Å². The van der Waals surface area contributed by atoms with E-state index in [1.807, 2.05) is 12.1 Å². The molecule has 1 heterocycles. The second-order valence-corrected chi connectivity index (χ2v) is 5.95. The third-order valence-corrected chi connectivity index (χ3v) is 4.29. The van der Waals surface area contributed by atoms with Crippen molar-refractivity contribution in [3.05, 3.63) is 109 Å². The SMILES string of the molecule is c1ccc(-c2ccccc2)cc1.c1ccc2c(c1)[nH]c1ccccc12. The maximum absolute atomic E-state index is 3.38. The summed E-state index contributed by atoms with van der Waals surface area (Å²) in [6.07, 6.45) is 0. The van der Waals surface area contributed by atoms with Crippen LogP contribution in [0.3, 0.4) is 0 Å². The average Bonchev–Trinajstić information content (AvgIpc) is 3.09. The summed E-state index contributed by atoms with van der Waals surface area (Å²) >= 11 is 0. The highest BCUT2D eigenvalue weighted by Crippen LogP contribution is 2.24. The van der Waals surface area contributed by atoms with Crippen molar-refractivity contribution >= 4 is 21.8 Å². The number of aromatic nitrogens is 1. The molecule has 120 valence electrons. The molecule has 0 spiro atoms. The molecular formula is C24H19N. The first-order valence-electron chi connectivity index (χ1n) is 8.48. The molecule has 0 radical (unpaired) electrons. The van der Waals surface area contributed by atoms with E-state index in [9.17, 15) is 0 Å². The number of nitrogens with one attached hydrogen (secondary N) is 1. The molecule has 0 fully saturated rings. The van der Waals surface area contributed by atoms with E-state index >= 15 is 0 Å². The summed E-state index contributed by atoms with van der Waals surface area (Å²) in [7, 11) is 0. The van der Waals surface area contributed by atoms with Gasteiger partial charge < -0.3 is 4.98 Å². The largest absolute Gasteiger partial charge is 0.355 e. The minimum atomic E-state index is 1.21. The van der Waals surface area contributed by atoms with Crippen molar-refractivity contribution in [3.63, 3.8) is 0 Å². The van der Waals surface area contributed by atoms with Gasteiger partial charge >= 0.3 is 0 Å². The number of para-hydroxylation sites is 2. The van der Waals surface area contributed by atoms with E-state index in [1.165, 1.54) is 32.9 Å². The Morgan fingerprint density at radius 2 is 0.720 bits per heavy atom. The Morgan fingerprint density at radius 3 is 1.16 bits per heavy atom. The van der Waals surface area contributed by atoms with Gasteiger partial charge in [0, 0.05) is 21.8 Å². The number of rotatable bonds is 1. The molecule has 0 bridgehead atoms. The highest BCUT2D eigenvalue weighted by atomic mass is 14.7. The van der Waals surface area contributed by atoms with Crippen LogP contribution in [0.15, 0.2) is 109 Å². The van der Waals surface area contributed by atoms with E-state index in [-0.39, 0.29) is 0 Å². The van der Waals surface area contributed by atoms with Crippen molar-refractivity contribution in [1.82, 2.24) is 4.98 Å². The van der Waals surface area contributed by atoms with Gasteiger partial charge in [-0.05, 0) is 23.3 Å². The van der Waals surface area contributed by atoms with Crippen molar-refractivity contribution < 1.29 is 0 Å². The number of hydrogen-bond donors (Lipinski definition) is 1. The first-order chi connectivity index (χ1) is 12.4. The van der Waals surface area contributed by atoms with Crippen LogP contribution in [0.4, 0.5) is 0 Å². The van der Waals surface area contributed by atoms with E-state index in [0.717, 1.165) is 0 Å². The van der Waals surface area contributed by atoms with Crippen LogP contribution >= 0.6 is 0 Å². The van der Waals surface area contributed by atoms with Crippen LogP contribution in [0.25, 0.3) is 32.9 Å². The highest BCUT2D eigenvalue weighted by molar-refractivity contribution is 6.06. The number of H-pyrrole nitrogens is 1. The van der Waals surface area contributed by atoms with Crippen molar-refractivity contribution in [3.8, 4) is 11.1 Å². The van der Waals surface area contributed by atoms with E-state index in [0.29, 0.717) is 0 Å². The fraction of sp³-hybridized carbons (Fsp3) is 0. The highest BCUT2D eigenvalue weighted by Gasteiger charge is 2.00. The van der Waals surface area contributed by atoms with Crippen molar-refractivity contribution in [2.75, 3.05) is 0 Å². The van der Waals surface area contributed by atoms with E-state index < -0.39 is 0 Å². The van der Waals surface area contributed by atoms with Gasteiger partial charge in [0.1, 0.15) is 0 Å². The van der Waals surface area contributed by atoms with Crippen LogP contribution in [0.2, 0.25) is 0 Å². The third-order valence-electron chi connectivity index (χ3n) is 4.29. The van der Waals surface area contributed by atoms with E-state index in [2.05, 4.69) is 102 Å². The van der Waals surface area contributed by atoms with Crippen LogP contribution in [-0.4, -0.2) is 4.98 Å². The maximum atomic E-state index is 3.38. The summed E-state index contributed by atoms with van der Waals surface area (Å²) in [5.74, 6) is 0. The predicted octanol–water partition coefficient (Wildman–Crippen LogP) is 6.67. The summed E-state index contributed by atoms with van der Waals surface area (Å²) in [5, 5.41) is 2.61. The summed E-state index contributed by atoms with van der Waals surface area (Å²) in [6, 6.07) is 37.5. The lowest BCUT2D eigenvalue weighted by atomic mass is 10.1. The maximum Gasteiger partial charge on any atom is 0.0464 e. The summed E-state index contributed by atoms with van der Waals surface area (Å²) in [5.41, 5.74) is 4.98. The minimum absolute atomic E-state index is 1.21. The van der Waals surface area contributed by atoms with Gasteiger partial charge in [-0.3, -0.25) is 0 Å². The van der Waals surface area contributed by atoms with E-state index in [4.69, 9.17) is 0 Å². The lowest BCUT2D eigenvalue weighted by Gasteiger charge is -1.98. The molecule has 0 aliphatic rings. The van der Waals surface area contributed by atoms with Gasteiger partial charge in [0.25, 0.3) is 0 Å². The first-order valence-corrected chi connectivity index (χ1v) is 8.48. The lowest BCUT2D eigenvalue weighted by Crippen LogP contribution is -1.73. The van der Waals surface area contributed by atoms with E-state index in [1.54, 1.807) is 0 Å². The minimum Gasteiger partial charge on any atom is -0.355 e. The topological polar surface area (TPSA) is 15.8 Å². The molecule has 0 saturated carbocycles. The molecule has 0 amide bonds. The Hall–Kier alpha value is -3.32. The monoisotopic (exact) mass is 321 g/mol. The van der Waals surface area contributed by atoms with Crippen LogP contribution in [0.1, 0.15) is 0 Å². The summed E-state index contributed by atoms with van der Waals surface area (Å²) < 4.78 is 0. The zero-order chi connectivity index (χ0) is 16.9. The number of benzene rings is 4. The molecule has 0 unspecified atom stereocenters. The molecule has 0 saturated heterocycles.